The van der Waals surface area contributed by atoms with Crippen molar-refractivity contribution < 1.29 is 13.2 Å². The smallest absolute Gasteiger partial charge is 0.252 e. The maximum Gasteiger partial charge on any atom is 0.252 e. The molecule has 0 saturated carbocycles. The fourth-order valence-corrected chi connectivity index (χ4v) is 4.74. The Bertz CT molecular complexity index is 567. The van der Waals surface area contributed by atoms with E-state index in [9.17, 15) is 13.2 Å². The molecule has 1 aliphatic rings. The topological polar surface area (TPSA) is 83.7 Å². The lowest BCUT2D eigenvalue weighted by atomic mass is 10.4. The molecule has 0 atom stereocenters. The Morgan fingerprint density at radius 3 is 2.63 bits per heavy atom. The quantitative estimate of drug-likeness (QED) is 0.866. The zero-order valence-corrected chi connectivity index (χ0v) is 12.3. The summed E-state index contributed by atoms with van der Waals surface area (Å²) in [6.45, 7) is 3.32. The van der Waals surface area contributed by atoms with Crippen LogP contribution in [0.2, 0.25) is 0 Å². The van der Waals surface area contributed by atoms with Gasteiger partial charge in [0, 0.05) is 44.2 Å². The fourth-order valence-electron chi connectivity index (χ4n) is 2.04. The first kappa shape index (κ1) is 14.3. The molecule has 1 saturated heterocycles. The second-order valence-corrected chi connectivity index (χ2v) is 7.54. The highest BCUT2D eigenvalue weighted by Gasteiger charge is 2.28. The molecule has 1 aromatic rings. The minimum atomic E-state index is -3.48. The maximum atomic E-state index is 12.4. The lowest BCUT2D eigenvalue weighted by Crippen LogP contribution is -2.36. The molecule has 6 nitrogen and oxygen atoms in total. The third kappa shape index (κ3) is 3.07. The van der Waals surface area contributed by atoms with Crippen LogP contribution in [0.5, 0.6) is 0 Å². The molecule has 1 fully saturated rings. The number of thiophene rings is 1. The van der Waals surface area contributed by atoms with Crippen molar-refractivity contribution >= 4 is 33.0 Å². The number of hydrogen-bond acceptors (Lipinski definition) is 5. The van der Waals surface area contributed by atoms with Gasteiger partial charge in [0.1, 0.15) is 4.21 Å². The summed E-state index contributed by atoms with van der Waals surface area (Å²) >= 11 is 1.13. The van der Waals surface area contributed by atoms with Gasteiger partial charge in [0.15, 0.2) is 0 Å². The monoisotopic (exact) mass is 303 g/mol. The number of hydrogen-bond donors (Lipinski definition) is 1. The van der Waals surface area contributed by atoms with Crippen molar-refractivity contribution in [3.05, 3.63) is 11.4 Å². The predicted octanol–water partition coefficient (Wildman–Crippen LogP) is 0.573. The summed E-state index contributed by atoms with van der Waals surface area (Å²) in [5.74, 6) is -0.0142. The van der Waals surface area contributed by atoms with Crippen molar-refractivity contribution in [3.63, 3.8) is 0 Å². The average molecular weight is 303 g/mol. The van der Waals surface area contributed by atoms with Crippen LogP contribution in [0, 0.1) is 0 Å². The highest BCUT2D eigenvalue weighted by atomic mass is 32.2. The first-order chi connectivity index (χ1) is 8.91. The zero-order chi connectivity index (χ0) is 14.0. The zero-order valence-electron chi connectivity index (χ0n) is 10.7. The first-order valence-corrected chi connectivity index (χ1v) is 8.33. The molecule has 106 valence electrons. The third-order valence-corrected chi connectivity index (χ3v) is 6.42. The maximum absolute atomic E-state index is 12.4. The van der Waals surface area contributed by atoms with E-state index in [2.05, 4.69) is 0 Å². The van der Waals surface area contributed by atoms with Crippen LogP contribution in [0.25, 0.3) is 0 Å². The number of amides is 1. The standard InChI is InChI=1S/C11H17N3O3S2/c1-9(15)13-3-2-4-14(6-5-13)19(16,17)11-7-10(12)8-18-11/h7-8H,2-6,12H2,1H3. The van der Waals surface area contributed by atoms with Gasteiger partial charge in [-0.1, -0.05) is 0 Å². The molecule has 2 rings (SSSR count). The fraction of sp³-hybridized carbons (Fsp3) is 0.545. The minimum absolute atomic E-state index is 0.0142. The Balaban J connectivity index is 2.16. The van der Waals surface area contributed by atoms with Crippen LogP contribution in [-0.4, -0.2) is 49.7 Å². The van der Waals surface area contributed by atoms with Gasteiger partial charge in [-0.3, -0.25) is 4.79 Å². The van der Waals surface area contributed by atoms with E-state index in [1.54, 1.807) is 10.3 Å². The lowest BCUT2D eigenvalue weighted by Gasteiger charge is -2.20. The van der Waals surface area contributed by atoms with Gasteiger partial charge in [-0.05, 0) is 12.5 Å². The largest absolute Gasteiger partial charge is 0.398 e. The molecular weight excluding hydrogens is 286 g/mol. The highest BCUT2D eigenvalue weighted by molar-refractivity contribution is 7.91. The molecule has 19 heavy (non-hydrogen) atoms. The molecular formula is C11H17N3O3S2. The number of sulfonamides is 1. The van der Waals surface area contributed by atoms with Crippen LogP contribution in [0.15, 0.2) is 15.7 Å². The van der Waals surface area contributed by atoms with Gasteiger partial charge in [0.05, 0.1) is 0 Å². The highest BCUT2D eigenvalue weighted by Crippen LogP contribution is 2.25. The molecule has 0 spiro atoms. The van der Waals surface area contributed by atoms with Gasteiger partial charge in [-0.15, -0.1) is 11.3 Å². The predicted molar refractivity (Wildman–Crippen MR) is 74.4 cm³/mol. The van der Waals surface area contributed by atoms with Crippen molar-refractivity contribution in [3.8, 4) is 0 Å². The summed E-state index contributed by atoms with van der Waals surface area (Å²) < 4.78 is 26.5. The van der Waals surface area contributed by atoms with Crippen molar-refractivity contribution in [2.45, 2.75) is 17.6 Å². The van der Waals surface area contributed by atoms with Gasteiger partial charge >= 0.3 is 0 Å². The van der Waals surface area contributed by atoms with Crippen molar-refractivity contribution in [1.82, 2.24) is 9.21 Å². The van der Waals surface area contributed by atoms with E-state index in [4.69, 9.17) is 5.73 Å². The van der Waals surface area contributed by atoms with Crippen molar-refractivity contribution in [2.24, 2.45) is 0 Å². The number of nitrogens with zero attached hydrogens (tertiary/aromatic N) is 2. The molecule has 0 aliphatic carbocycles. The Hall–Kier alpha value is -1.12. The lowest BCUT2D eigenvalue weighted by molar-refractivity contribution is -0.128. The SMILES string of the molecule is CC(=O)N1CCCN(S(=O)(=O)c2cc(N)cs2)CC1. The molecule has 1 amide bonds. The second kappa shape index (κ2) is 5.48. The number of anilines is 1. The van der Waals surface area contributed by atoms with Crippen molar-refractivity contribution in [1.29, 1.82) is 0 Å². The Labute approximate surface area is 116 Å². The van der Waals surface area contributed by atoms with Crippen LogP contribution in [0.3, 0.4) is 0 Å². The van der Waals surface area contributed by atoms with Crippen LogP contribution >= 0.6 is 11.3 Å². The van der Waals surface area contributed by atoms with Gasteiger partial charge in [-0.25, -0.2) is 8.42 Å². The van der Waals surface area contributed by atoms with Gasteiger partial charge < -0.3 is 10.6 Å². The van der Waals surface area contributed by atoms with Gasteiger partial charge in [0.2, 0.25) is 5.91 Å². The summed E-state index contributed by atoms with van der Waals surface area (Å²) in [7, 11) is -3.48. The molecule has 0 aromatic carbocycles. The molecule has 0 unspecified atom stereocenters. The number of rotatable bonds is 2. The number of nitrogens with two attached hydrogens (primary N) is 1. The summed E-state index contributed by atoms with van der Waals surface area (Å²) in [4.78, 5) is 13.0. The minimum Gasteiger partial charge on any atom is -0.398 e. The third-order valence-electron chi connectivity index (χ3n) is 3.09. The van der Waals surface area contributed by atoms with E-state index < -0.39 is 10.0 Å². The van der Waals surface area contributed by atoms with Crippen LogP contribution in [0.1, 0.15) is 13.3 Å². The normalized spacial score (nSPS) is 18.3. The summed E-state index contributed by atoms with van der Waals surface area (Å²) in [6.07, 6.45) is 0.652. The number of carbonyl (C=O) groups excluding carboxylic acids is 1. The van der Waals surface area contributed by atoms with Gasteiger partial charge in [-0.2, -0.15) is 4.31 Å². The van der Waals surface area contributed by atoms with Gasteiger partial charge in [0.25, 0.3) is 10.0 Å². The van der Waals surface area contributed by atoms with E-state index in [1.165, 1.54) is 17.3 Å². The summed E-state index contributed by atoms with van der Waals surface area (Å²) in [5.41, 5.74) is 6.03. The summed E-state index contributed by atoms with van der Waals surface area (Å²) in [6, 6.07) is 1.48. The first-order valence-electron chi connectivity index (χ1n) is 6.01. The molecule has 0 bridgehead atoms. The molecule has 0 radical (unpaired) electrons. The van der Waals surface area contributed by atoms with E-state index in [0.717, 1.165) is 11.3 Å². The van der Waals surface area contributed by atoms with E-state index in [1.807, 2.05) is 0 Å². The molecule has 8 heteroatoms. The average Bonchev–Trinajstić information content (AvgIpc) is 2.65. The second-order valence-electron chi connectivity index (χ2n) is 4.46. The number of carbonyl (C=O) groups is 1. The van der Waals surface area contributed by atoms with Crippen molar-refractivity contribution in [2.75, 3.05) is 31.9 Å². The molecule has 2 N–H and O–H groups in total. The van der Waals surface area contributed by atoms with Crippen LogP contribution in [0.4, 0.5) is 5.69 Å². The van der Waals surface area contributed by atoms with Crippen LogP contribution < -0.4 is 5.73 Å². The Morgan fingerprint density at radius 1 is 1.32 bits per heavy atom. The molecule has 1 aromatic heterocycles. The van der Waals surface area contributed by atoms with E-state index >= 15 is 0 Å². The summed E-state index contributed by atoms with van der Waals surface area (Å²) in [5, 5.41) is 1.62. The van der Waals surface area contributed by atoms with E-state index in [0.29, 0.717) is 38.3 Å². The Kier molecular flexibility index (Phi) is 4.12. The molecule has 1 aliphatic heterocycles. The van der Waals surface area contributed by atoms with E-state index in [-0.39, 0.29) is 10.1 Å². The number of nitrogen functional groups attached to an aromatic ring is 1. The Morgan fingerprint density at radius 2 is 2.05 bits per heavy atom. The van der Waals surface area contributed by atoms with Crippen LogP contribution in [-0.2, 0) is 14.8 Å². The molecule has 2 heterocycles.